The Bertz CT molecular complexity index is 382. The van der Waals surface area contributed by atoms with E-state index in [4.69, 9.17) is 11.6 Å². The van der Waals surface area contributed by atoms with Gasteiger partial charge in [-0.05, 0) is 37.3 Å². The SMILES string of the molecule is CCC1CCCCN1C(=O)c1nnc(Cl)s1. The van der Waals surface area contributed by atoms with Gasteiger partial charge in [0, 0.05) is 12.6 Å². The van der Waals surface area contributed by atoms with Crippen LogP contribution in [0.4, 0.5) is 0 Å². The fourth-order valence-electron chi connectivity index (χ4n) is 2.11. The van der Waals surface area contributed by atoms with Crippen molar-refractivity contribution < 1.29 is 4.79 Å². The van der Waals surface area contributed by atoms with Crippen molar-refractivity contribution in [3.63, 3.8) is 0 Å². The molecular weight excluding hydrogens is 246 g/mol. The summed E-state index contributed by atoms with van der Waals surface area (Å²) in [6.45, 7) is 2.94. The number of likely N-dealkylation sites (tertiary alicyclic amines) is 1. The maximum absolute atomic E-state index is 12.2. The zero-order valence-corrected chi connectivity index (χ0v) is 10.7. The third-order valence-electron chi connectivity index (χ3n) is 2.94. The second kappa shape index (κ2) is 5.10. The Hall–Kier alpha value is -0.680. The normalized spacial score (nSPS) is 21.1. The average Bonchev–Trinajstić information content (AvgIpc) is 2.75. The molecule has 0 spiro atoms. The highest BCUT2D eigenvalue weighted by atomic mass is 35.5. The molecule has 0 N–H and O–H groups in total. The first-order valence-electron chi connectivity index (χ1n) is 5.52. The number of amides is 1. The third-order valence-corrected chi connectivity index (χ3v) is 3.95. The predicted molar refractivity (Wildman–Crippen MR) is 63.9 cm³/mol. The molecule has 1 atom stereocenters. The molecule has 1 aromatic rings. The number of halogens is 1. The van der Waals surface area contributed by atoms with E-state index in [-0.39, 0.29) is 5.91 Å². The lowest BCUT2D eigenvalue weighted by atomic mass is 10.00. The molecule has 2 rings (SSSR count). The van der Waals surface area contributed by atoms with E-state index in [1.807, 2.05) is 4.90 Å². The summed E-state index contributed by atoms with van der Waals surface area (Å²) in [6, 6.07) is 0.351. The van der Waals surface area contributed by atoms with Gasteiger partial charge in [-0.15, -0.1) is 10.2 Å². The van der Waals surface area contributed by atoms with Crippen LogP contribution in [0.15, 0.2) is 0 Å². The monoisotopic (exact) mass is 259 g/mol. The number of piperidine rings is 1. The number of rotatable bonds is 2. The van der Waals surface area contributed by atoms with Gasteiger partial charge in [0.05, 0.1) is 0 Å². The maximum Gasteiger partial charge on any atom is 0.285 e. The minimum absolute atomic E-state index is 0.0176. The average molecular weight is 260 g/mol. The first kappa shape index (κ1) is 11.8. The molecular formula is C10H14ClN3OS. The molecule has 6 heteroatoms. The first-order valence-corrected chi connectivity index (χ1v) is 6.71. The Morgan fingerprint density at radius 2 is 2.38 bits per heavy atom. The molecule has 0 aromatic carbocycles. The van der Waals surface area contributed by atoms with E-state index in [0.29, 0.717) is 15.5 Å². The zero-order valence-electron chi connectivity index (χ0n) is 9.15. The zero-order chi connectivity index (χ0) is 11.5. The van der Waals surface area contributed by atoms with Crippen molar-refractivity contribution in [3.05, 3.63) is 9.47 Å². The highest BCUT2D eigenvalue weighted by Gasteiger charge is 2.28. The Labute approximate surface area is 104 Å². The fraction of sp³-hybridized carbons (Fsp3) is 0.700. The van der Waals surface area contributed by atoms with E-state index in [2.05, 4.69) is 17.1 Å². The van der Waals surface area contributed by atoms with Gasteiger partial charge in [-0.2, -0.15) is 0 Å². The molecule has 1 fully saturated rings. The van der Waals surface area contributed by atoms with Gasteiger partial charge in [0.2, 0.25) is 9.47 Å². The molecule has 1 saturated heterocycles. The number of aromatic nitrogens is 2. The molecule has 0 saturated carbocycles. The van der Waals surface area contributed by atoms with Gasteiger partial charge in [-0.3, -0.25) is 4.79 Å². The lowest BCUT2D eigenvalue weighted by Gasteiger charge is -2.34. The summed E-state index contributed by atoms with van der Waals surface area (Å²) in [4.78, 5) is 14.1. The summed E-state index contributed by atoms with van der Waals surface area (Å²) in [5.41, 5.74) is 0. The number of hydrogen-bond acceptors (Lipinski definition) is 4. The van der Waals surface area contributed by atoms with E-state index in [0.717, 1.165) is 37.1 Å². The van der Waals surface area contributed by atoms with Crippen LogP contribution in [0.25, 0.3) is 0 Å². The highest BCUT2D eigenvalue weighted by molar-refractivity contribution is 7.17. The standard InChI is InChI=1S/C10H14ClN3OS/c1-2-7-5-3-4-6-14(7)9(15)8-12-13-10(11)16-8/h7H,2-6H2,1H3. The van der Waals surface area contributed by atoms with Crippen molar-refractivity contribution in [2.75, 3.05) is 6.54 Å². The van der Waals surface area contributed by atoms with Crippen LogP contribution >= 0.6 is 22.9 Å². The number of carbonyl (C=O) groups excluding carboxylic acids is 1. The number of hydrogen-bond donors (Lipinski definition) is 0. The van der Waals surface area contributed by atoms with Crippen LogP contribution in [0.3, 0.4) is 0 Å². The summed E-state index contributed by atoms with van der Waals surface area (Å²) in [5, 5.41) is 7.88. The van der Waals surface area contributed by atoms with Gasteiger partial charge in [-0.25, -0.2) is 0 Å². The summed E-state index contributed by atoms with van der Waals surface area (Å²) < 4.78 is 0.327. The summed E-state index contributed by atoms with van der Waals surface area (Å²) in [6.07, 6.45) is 4.38. The van der Waals surface area contributed by atoms with Crippen molar-refractivity contribution in [1.29, 1.82) is 0 Å². The van der Waals surface area contributed by atoms with E-state index in [9.17, 15) is 4.79 Å². The maximum atomic E-state index is 12.2. The van der Waals surface area contributed by atoms with Gasteiger partial charge >= 0.3 is 0 Å². The molecule has 0 aliphatic carbocycles. The summed E-state index contributed by atoms with van der Waals surface area (Å²) in [5.74, 6) is -0.0176. The highest BCUT2D eigenvalue weighted by Crippen LogP contribution is 2.23. The third kappa shape index (κ3) is 2.35. The van der Waals surface area contributed by atoms with Crippen LogP contribution in [0.2, 0.25) is 4.47 Å². The minimum Gasteiger partial charge on any atom is -0.334 e. The number of nitrogens with zero attached hydrogens (tertiary/aromatic N) is 3. The van der Waals surface area contributed by atoms with E-state index >= 15 is 0 Å². The topological polar surface area (TPSA) is 46.1 Å². The number of carbonyl (C=O) groups is 1. The summed E-state index contributed by atoms with van der Waals surface area (Å²) >= 11 is 6.84. The van der Waals surface area contributed by atoms with Gasteiger partial charge in [-0.1, -0.05) is 18.3 Å². The molecule has 1 unspecified atom stereocenters. The van der Waals surface area contributed by atoms with Crippen LogP contribution in [-0.2, 0) is 0 Å². The van der Waals surface area contributed by atoms with Crippen molar-refractivity contribution in [2.24, 2.45) is 0 Å². The molecule has 0 bridgehead atoms. The predicted octanol–water partition coefficient (Wildman–Crippen LogP) is 2.60. The van der Waals surface area contributed by atoms with Crippen molar-refractivity contribution in [1.82, 2.24) is 15.1 Å². The first-order chi connectivity index (χ1) is 7.72. The largest absolute Gasteiger partial charge is 0.334 e. The Kier molecular flexibility index (Phi) is 3.76. The van der Waals surface area contributed by atoms with Gasteiger partial charge in [0.25, 0.3) is 5.91 Å². The molecule has 1 aromatic heterocycles. The van der Waals surface area contributed by atoms with Crippen molar-refractivity contribution >= 4 is 28.8 Å². The van der Waals surface area contributed by atoms with Gasteiger partial charge in [0.1, 0.15) is 0 Å². The van der Waals surface area contributed by atoms with E-state index in [1.54, 1.807) is 0 Å². The van der Waals surface area contributed by atoms with Crippen LogP contribution < -0.4 is 0 Å². The van der Waals surface area contributed by atoms with Crippen molar-refractivity contribution in [2.45, 2.75) is 38.6 Å². The molecule has 0 radical (unpaired) electrons. The molecule has 1 aliphatic rings. The Morgan fingerprint density at radius 1 is 1.56 bits per heavy atom. The molecule has 2 heterocycles. The fourth-order valence-corrected chi connectivity index (χ4v) is 2.89. The van der Waals surface area contributed by atoms with Crippen molar-refractivity contribution in [3.8, 4) is 0 Å². The van der Waals surface area contributed by atoms with Crippen LogP contribution in [0.5, 0.6) is 0 Å². The molecule has 4 nitrogen and oxygen atoms in total. The van der Waals surface area contributed by atoms with Gasteiger partial charge < -0.3 is 4.90 Å². The smallest absolute Gasteiger partial charge is 0.285 e. The van der Waals surface area contributed by atoms with E-state index < -0.39 is 0 Å². The minimum atomic E-state index is -0.0176. The van der Waals surface area contributed by atoms with E-state index in [1.165, 1.54) is 6.42 Å². The molecule has 16 heavy (non-hydrogen) atoms. The molecule has 88 valence electrons. The van der Waals surface area contributed by atoms with Crippen LogP contribution in [0, 0.1) is 0 Å². The lowest BCUT2D eigenvalue weighted by Crippen LogP contribution is -2.43. The lowest BCUT2D eigenvalue weighted by molar-refractivity contribution is 0.0607. The van der Waals surface area contributed by atoms with Crippen LogP contribution in [0.1, 0.15) is 42.4 Å². The molecule has 1 amide bonds. The Balaban J connectivity index is 2.13. The second-order valence-corrected chi connectivity index (χ2v) is 5.48. The van der Waals surface area contributed by atoms with Gasteiger partial charge in [0.15, 0.2) is 0 Å². The summed E-state index contributed by atoms with van der Waals surface area (Å²) in [7, 11) is 0. The Morgan fingerprint density at radius 3 is 3.00 bits per heavy atom. The van der Waals surface area contributed by atoms with Crippen LogP contribution in [-0.4, -0.2) is 33.6 Å². The molecule has 1 aliphatic heterocycles. The quantitative estimate of drug-likeness (QED) is 0.820. The second-order valence-electron chi connectivity index (χ2n) is 3.92.